The Kier molecular flexibility index (Phi) is 4.31. The number of nitrogens with zero attached hydrogens (tertiary/aromatic N) is 1. The van der Waals surface area contributed by atoms with E-state index < -0.39 is 24.0 Å². The Hall–Kier alpha value is -2.42. The lowest BCUT2D eigenvalue weighted by atomic mass is 10.1. The fourth-order valence-electron chi connectivity index (χ4n) is 1.84. The van der Waals surface area contributed by atoms with E-state index in [1.54, 1.807) is 0 Å². The van der Waals surface area contributed by atoms with Gasteiger partial charge in [-0.2, -0.15) is 0 Å². The number of aromatic nitrogens is 2. The van der Waals surface area contributed by atoms with E-state index in [1.165, 1.54) is 12.5 Å². The van der Waals surface area contributed by atoms with E-state index in [9.17, 15) is 14.4 Å². The second kappa shape index (κ2) is 6.15. The zero-order valence-electron chi connectivity index (χ0n) is 10.5. The van der Waals surface area contributed by atoms with E-state index in [0.717, 1.165) is 0 Å². The SMILES string of the molecule is O=C1CNC(C(=O)N[C@H](Cc2cnc[nH]2)C(=O)O)CN1. The van der Waals surface area contributed by atoms with Gasteiger partial charge in [0.2, 0.25) is 11.8 Å². The fourth-order valence-corrected chi connectivity index (χ4v) is 1.84. The Morgan fingerprint density at radius 1 is 1.55 bits per heavy atom. The number of carbonyl (C=O) groups is 3. The Bertz CT molecular complexity index is 491. The van der Waals surface area contributed by atoms with Gasteiger partial charge < -0.3 is 20.7 Å². The summed E-state index contributed by atoms with van der Waals surface area (Å²) in [6.07, 6.45) is 3.05. The van der Waals surface area contributed by atoms with Crippen molar-refractivity contribution in [1.82, 2.24) is 25.9 Å². The molecule has 1 aliphatic heterocycles. The van der Waals surface area contributed by atoms with Crippen LogP contribution in [0, 0.1) is 0 Å². The van der Waals surface area contributed by atoms with Crippen molar-refractivity contribution in [3.05, 3.63) is 18.2 Å². The molecule has 2 heterocycles. The van der Waals surface area contributed by atoms with Crippen LogP contribution in [0.1, 0.15) is 5.69 Å². The second-order valence-corrected chi connectivity index (χ2v) is 4.42. The van der Waals surface area contributed by atoms with E-state index in [-0.39, 0.29) is 25.4 Å². The van der Waals surface area contributed by atoms with Crippen molar-refractivity contribution in [3.8, 4) is 0 Å². The van der Waals surface area contributed by atoms with Crippen molar-refractivity contribution >= 4 is 17.8 Å². The highest BCUT2D eigenvalue weighted by atomic mass is 16.4. The van der Waals surface area contributed by atoms with Crippen LogP contribution < -0.4 is 16.0 Å². The van der Waals surface area contributed by atoms with Gasteiger partial charge in [-0.1, -0.05) is 0 Å². The van der Waals surface area contributed by atoms with Crippen molar-refractivity contribution in [2.24, 2.45) is 0 Å². The molecule has 0 spiro atoms. The first-order valence-electron chi connectivity index (χ1n) is 6.07. The summed E-state index contributed by atoms with van der Waals surface area (Å²) >= 11 is 0. The van der Waals surface area contributed by atoms with Gasteiger partial charge in [0.25, 0.3) is 0 Å². The maximum Gasteiger partial charge on any atom is 0.326 e. The molecule has 0 saturated carbocycles. The van der Waals surface area contributed by atoms with Crippen LogP contribution in [0.25, 0.3) is 0 Å². The van der Waals surface area contributed by atoms with E-state index in [2.05, 4.69) is 25.9 Å². The predicted molar refractivity (Wildman–Crippen MR) is 66.7 cm³/mol. The van der Waals surface area contributed by atoms with Gasteiger partial charge >= 0.3 is 5.97 Å². The molecule has 1 aromatic heterocycles. The van der Waals surface area contributed by atoms with Gasteiger partial charge in [-0.25, -0.2) is 9.78 Å². The monoisotopic (exact) mass is 281 g/mol. The van der Waals surface area contributed by atoms with Gasteiger partial charge in [0.1, 0.15) is 12.1 Å². The van der Waals surface area contributed by atoms with Gasteiger partial charge in [-0.05, 0) is 0 Å². The molecule has 9 nitrogen and oxygen atoms in total. The minimum absolute atomic E-state index is 0.0381. The molecule has 0 bridgehead atoms. The molecular weight excluding hydrogens is 266 g/mol. The Balaban J connectivity index is 1.92. The standard InChI is InChI=1S/C11H15N5O4/c17-9-4-13-8(3-14-9)10(18)16-7(11(19)20)1-6-2-12-5-15-6/h2,5,7-8,13H,1,3-4H2,(H,12,15)(H,14,17)(H,16,18)(H,19,20)/t7-,8?/m1/s1. The first-order chi connectivity index (χ1) is 9.56. The minimum Gasteiger partial charge on any atom is -0.480 e. The minimum atomic E-state index is -1.13. The highest BCUT2D eigenvalue weighted by Gasteiger charge is 2.28. The van der Waals surface area contributed by atoms with Crippen LogP contribution in [0.5, 0.6) is 0 Å². The summed E-state index contributed by atoms with van der Waals surface area (Å²) in [4.78, 5) is 40.6. The number of aliphatic carboxylic acids is 1. The summed E-state index contributed by atoms with van der Waals surface area (Å²) in [5, 5.41) is 16.8. The lowest BCUT2D eigenvalue weighted by Crippen LogP contribution is -2.60. The first-order valence-corrected chi connectivity index (χ1v) is 6.07. The maximum atomic E-state index is 11.9. The van der Waals surface area contributed by atoms with Gasteiger partial charge in [0.15, 0.2) is 0 Å². The molecule has 2 amide bonds. The molecule has 0 aliphatic carbocycles. The van der Waals surface area contributed by atoms with Crippen LogP contribution in [0.3, 0.4) is 0 Å². The largest absolute Gasteiger partial charge is 0.480 e. The van der Waals surface area contributed by atoms with E-state index in [4.69, 9.17) is 5.11 Å². The molecular formula is C11H15N5O4. The van der Waals surface area contributed by atoms with Gasteiger partial charge in [-0.3, -0.25) is 14.9 Å². The molecule has 0 aromatic carbocycles. The third kappa shape index (κ3) is 3.54. The summed E-state index contributed by atoms with van der Waals surface area (Å²) in [6.45, 7) is 0.178. The number of carbonyl (C=O) groups excluding carboxylic acids is 2. The number of amides is 2. The molecule has 5 N–H and O–H groups in total. The molecule has 1 aromatic rings. The van der Waals surface area contributed by atoms with Crippen LogP contribution in [-0.4, -0.2) is 58.0 Å². The van der Waals surface area contributed by atoms with Crippen LogP contribution in [0.4, 0.5) is 0 Å². The van der Waals surface area contributed by atoms with Crippen molar-refractivity contribution in [2.75, 3.05) is 13.1 Å². The first kappa shape index (κ1) is 14.0. The van der Waals surface area contributed by atoms with Crippen LogP contribution in [0.15, 0.2) is 12.5 Å². The average molecular weight is 281 g/mol. The number of rotatable bonds is 5. The van der Waals surface area contributed by atoms with Crippen molar-refractivity contribution in [3.63, 3.8) is 0 Å². The molecule has 1 unspecified atom stereocenters. The second-order valence-electron chi connectivity index (χ2n) is 4.42. The zero-order chi connectivity index (χ0) is 14.5. The highest BCUT2D eigenvalue weighted by Crippen LogP contribution is 2.00. The van der Waals surface area contributed by atoms with Crippen LogP contribution in [-0.2, 0) is 20.8 Å². The third-order valence-corrected chi connectivity index (χ3v) is 2.92. The number of aromatic amines is 1. The molecule has 2 atom stereocenters. The van der Waals surface area contributed by atoms with Crippen molar-refractivity contribution in [1.29, 1.82) is 0 Å². The summed E-state index contributed by atoms with van der Waals surface area (Å²) in [5.41, 5.74) is 0.614. The molecule has 9 heteroatoms. The molecule has 2 rings (SSSR count). The normalized spacial score (nSPS) is 20.0. The molecule has 108 valence electrons. The molecule has 0 radical (unpaired) electrons. The topological polar surface area (TPSA) is 136 Å². The van der Waals surface area contributed by atoms with Gasteiger partial charge in [0, 0.05) is 24.9 Å². The van der Waals surface area contributed by atoms with E-state index in [1.807, 2.05) is 0 Å². The number of hydrogen-bond donors (Lipinski definition) is 5. The number of nitrogens with one attached hydrogen (secondary N) is 4. The van der Waals surface area contributed by atoms with Gasteiger partial charge in [-0.15, -0.1) is 0 Å². The Morgan fingerprint density at radius 3 is 2.90 bits per heavy atom. The number of imidazole rings is 1. The number of hydrogen-bond acceptors (Lipinski definition) is 5. The van der Waals surface area contributed by atoms with Crippen molar-refractivity contribution < 1.29 is 19.5 Å². The number of piperazine rings is 1. The fraction of sp³-hybridized carbons (Fsp3) is 0.455. The van der Waals surface area contributed by atoms with Crippen molar-refractivity contribution in [2.45, 2.75) is 18.5 Å². The molecule has 1 saturated heterocycles. The van der Waals surface area contributed by atoms with Crippen LogP contribution in [0.2, 0.25) is 0 Å². The lowest BCUT2D eigenvalue weighted by molar-refractivity contribution is -0.142. The average Bonchev–Trinajstić information content (AvgIpc) is 2.91. The zero-order valence-corrected chi connectivity index (χ0v) is 10.5. The molecule has 1 fully saturated rings. The van der Waals surface area contributed by atoms with Crippen LogP contribution >= 0.6 is 0 Å². The third-order valence-electron chi connectivity index (χ3n) is 2.92. The number of H-pyrrole nitrogens is 1. The predicted octanol–water partition coefficient (Wildman–Crippen LogP) is -2.39. The lowest BCUT2D eigenvalue weighted by Gasteiger charge is -2.24. The summed E-state index contributed by atoms with van der Waals surface area (Å²) in [5.74, 6) is -1.79. The molecule has 1 aliphatic rings. The summed E-state index contributed by atoms with van der Waals surface area (Å²) in [6, 6.07) is -1.68. The quantitative estimate of drug-likeness (QED) is 0.408. The Labute approximate surface area is 114 Å². The Morgan fingerprint density at radius 2 is 2.35 bits per heavy atom. The smallest absolute Gasteiger partial charge is 0.326 e. The molecule has 20 heavy (non-hydrogen) atoms. The number of carboxylic acid groups (broad SMARTS) is 1. The highest BCUT2D eigenvalue weighted by molar-refractivity contribution is 5.89. The summed E-state index contributed by atoms with van der Waals surface area (Å²) in [7, 11) is 0. The van der Waals surface area contributed by atoms with Gasteiger partial charge in [0.05, 0.1) is 12.9 Å². The van der Waals surface area contributed by atoms with E-state index in [0.29, 0.717) is 5.69 Å². The maximum absolute atomic E-state index is 11.9. The summed E-state index contributed by atoms with van der Waals surface area (Å²) < 4.78 is 0. The van der Waals surface area contributed by atoms with E-state index >= 15 is 0 Å². The number of carboxylic acids is 1.